The van der Waals surface area contributed by atoms with Crippen molar-refractivity contribution in [2.75, 3.05) is 6.54 Å². The van der Waals surface area contributed by atoms with E-state index in [-0.39, 0.29) is 0 Å². The van der Waals surface area contributed by atoms with Gasteiger partial charge in [-0.1, -0.05) is 27.2 Å². The Kier molecular flexibility index (Phi) is 8.78. The van der Waals surface area contributed by atoms with E-state index in [1.807, 2.05) is 6.92 Å². The highest BCUT2D eigenvalue weighted by atomic mass is 14.9. The summed E-state index contributed by atoms with van der Waals surface area (Å²) in [5.41, 5.74) is 0. The van der Waals surface area contributed by atoms with Crippen molar-refractivity contribution in [3.8, 4) is 11.8 Å². The van der Waals surface area contributed by atoms with E-state index in [0.717, 1.165) is 18.9 Å². The minimum Gasteiger partial charge on any atom is -0.313 e. The molecule has 14 heavy (non-hydrogen) atoms. The predicted octanol–water partition coefficient (Wildman–Crippen LogP) is 3.20. The Morgan fingerprint density at radius 2 is 1.93 bits per heavy atom. The molecule has 0 aliphatic carbocycles. The van der Waals surface area contributed by atoms with Gasteiger partial charge < -0.3 is 5.32 Å². The Labute approximate surface area is 89.7 Å². The van der Waals surface area contributed by atoms with Crippen LogP contribution in [0.4, 0.5) is 0 Å². The molecule has 1 heteroatoms. The molecule has 0 saturated carbocycles. The summed E-state index contributed by atoms with van der Waals surface area (Å²) < 4.78 is 0. The van der Waals surface area contributed by atoms with E-state index < -0.39 is 0 Å². The monoisotopic (exact) mass is 195 g/mol. The minimum atomic E-state index is 0.684. The highest BCUT2D eigenvalue weighted by molar-refractivity contribution is 4.95. The first-order chi connectivity index (χ1) is 6.74. The molecule has 0 fully saturated rings. The van der Waals surface area contributed by atoms with Gasteiger partial charge in [-0.3, -0.25) is 0 Å². The summed E-state index contributed by atoms with van der Waals surface area (Å²) >= 11 is 0. The van der Waals surface area contributed by atoms with E-state index in [1.54, 1.807) is 0 Å². The first kappa shape index (κ1) is 13.5. The van der Waals surface area contributed by atoms with Gasteiger partial charge in [-0.2, -0.15) is 0 Å². The van der Waals surface area contributed by atoms with Crippen molar-refractivity contribution in [1.82, 2.24) is 5.32 Å². The lowest BCUT2D eigenvalue weighted by atomic mass is 9.98. The third-order valence-electron chi connectivity index (χ3n) is 2.74. The SMILES string of the molecule is CC#CCCNC(CC)CC(C)CC. The van der Waals surface area contributed by atoms with Crippen LogP contribution in [0.15, 0.2) is 0 Å². The van der Waals surface area contributed by atoms with Gasteiger partial charge in [-0.15, -0.1) is 11.8 Å². The number of hydrogen-bond acceptors (Lipinski definition) is 1. The quantitative estimate of drug-likeness (QED) is 0.486. The average molecular weight is 195 g/mol. The average Bonchev–Trinajstić information content (AvgIpc) is 2.22. The second kappa shape index (κ2) is 9.09. The first-order valence-corrected chi connectivity index (χ1v) is 5.87. The van der Waals surface area contributed by atoms with Crippen LogP contribution in [-0.4, -0.2) is 12.6 Å². The Morgan fingerprint density at radius 1 is 1.21 bits per heavy atom. The Morgan fingerprint density at radius 3 is 2.43 bits per heavy atom. The van der Waals surface area contributed by atoms with Gasteiger partial charge in [0.2, 0.25) is 0 Å². The summed E-state index contributed by atoms with van der Waals surface area (Å²) in [4.78, 5) is 0. The van der Waals surface area contributed by atoms with E-state index in [0.29, 0.717) is 6.04 Å². The molecule has 0 rings (SSSR count). The predicted molar refractivity (Wildman–Crippen MR) is 64.2 cm³/mol. The third-order valence-corrected chi connectivity index (χ3v) is 2.74. The van der Waals surface area contributed by atoms with Gasteiger partial charge in [0.15, 0.2) is 0 Å². The lowest BCUT2D eigenvalue weighted by Crippen LogP contribution is -2.30. The fourth-order valence-corrected chi connectivity index (χ4v) is 1.51. The molecule has 0 amide bonds. The molecule has 0 spiro atoms. The van der Waals surface area contributed by atoms with Crippen LogP contribution in [0, 0.1) is 17.8 Å². The first-order valence-electron chi connectivity index (χ1n) is 5.87. The molecule has 1 nitrogen and oxygen atoms in total. The topological polar surface area (TPSA) is 12.0 Å². The lowest BCUT2D eigenvalue weighted by Gasteiger charge is -2.19. The van der Waals surface area contributed by atoms with Gasteiger partial charge in [0.05, 0.1) is 0 Å². The molecule has 0 aliphatic heterocycles. The van der Waals surface area contributed by atoms with Crippen molar-refractivity contribution in [3.63, 3.8) is 0 Å². The van der Waals surface area contributed by atoms with Gasteiger partial charge >= 0.3 is 0 Å². The molecule has 0 aromatic rings. The molecule has 2 unspecified atom stereocenters. The van der Waals surface area contributed by atoms with Gasteiger partial charge in [0.25, 0.3) is 0 Å². The van der Waals surface area contributed by atoms with Crippen molar-refractivity contribution in [1.29, 1.82) is 0 Å². The summed E-state index contributed by atoms with van der Waals surface area (Å²) in [5.74, 6) is 6.84. The highest BCUT2D eigenvalue weighted by Crippen LogP contribution is 2.11. The van der Waals surface area contributed by atoms with Crippen molar-refractivity contribution in [3.05, 3.63) is 0 Å². The Balaban J connectivity index is 3.60. The van der Waals surface area contributed by atoms with Gasteiger partial charge in [0, 0.05) is 19.0 Å². The second-order valence-electron chi connectivity index (χ2n) is 3.99. The normalized spacial score (nSPS) is 14.3. The summed E-state index contributed by atoms with van der Waals surface area (Å²) in [6.45, 7) is 9.79. The van der Waals surface area contributed by atoms with Gasteiger partial charge in [-0.05, 0) is 25.7 Å². The van der Waals surface area contributed by atoms with E-state index >= 15 is 0 Å². The molecule has 0 bridgehead atoms. The summed E-state index contributed by atoms with van der Waals surface area (Å²) in [6, 6.07) is 0.684. The number of hydrogen-bond donors (Lipinski definition) is 1. The maximum atomic E-state index is 3.57. The van der Waals surface area contributed by atoms with Gasteiger partial charge in [0.1, 0.15) is 0 Å². The maximum absolute atomic E-state index is 3.57. The summed E-state index contributed by atoms with van der Waals surface area (Å²) in [7, 11) is 0. The molecular weight excluding hydrogens is 170 g/mol. The summed E-state index contributed by atoms with van der Waals surface area (Å²) in [6.07, 6.45) is 4.79. The molecule has 82 valence electrons. The molecule has 0 saturated heterocycles. The standard InChI is InChI=1S/C13H25N/c1-5-8-9-10-14-13(7-3)11-12(4)6-2/h12-14H,6-7,9-11H2,1-4H3. The molecule has 0 aromatic heterocycles. The smallest absolute Gasteiger partial charge is 0.0214 e. The van der Waals surface area contributed by atoms with Crippen LogP contribution in [0.25, 0.3) is 0 Å². The van der Waals surface area contributed by atoms with E-state index in [9.17, 15) is 0 Å². The van der Waals surface area contributed by atoms with Gasteiger partial charge in [-0.25, -0.2) is 0 Å². The van der Waals surface area contributed by atoms with E-state index in [1.165, 1.54) is 19.3 Å². The van der Waals surface area contributed by atoms with Crippen LogP contribution in [0.1, 0.15) is 53.4 Å². The van der Waals surface area contributed by atoms with Crippen LogP contribution in [0.2, 0.25) is 0 Å². The highest BCUT2D eigenvalue weighted by Gasteiger charge is 2.08. The van der Waals surface area contributed by atoms with Crippen molar-refractivity contribution in [2.45, 2.75) is 59.4 Å². The van der Waals surface area contributed by atoms with Crippen LogP contribution >= 0.6 is 0 Å². The Hall–Kier alpha value is -0.480. The van der Waals surface area contributed by atoms with Crippen LogP contribution in [-0.2, 0) is 0 Å². The molecule has 0 aliphatic rings. The van der Waals surface area contributed by atoms with Crippen molar-refractivity contribution >= 4 is 0 Å². The molecule has 0 radical (unpaired) electrons. The van der Waals surface area contributed by atoms with E-state index in [4.69, 9.17) is 0 Å². The molecule has 1 N–H and O–H groups in total. The third kappa shape index (κ3) is 6.97. The molecule has 2 atom stereocenters. The second-order valence-corrected chi connectivity index (χ2v) is 3.99. The van der Waals surface area contributed by atoms with Crippen LogP contribution in [0.3, 0.4) is 0 Å². The number of nitrogens with one attached hydrogen (secondary N) is 1. The van der Waals surface area contributed by atoms with Crippen LogP contribution in [0.5, 0.6) is 0 Å². The lowest BCUT2D eigenvalue weighted by molar-refractivity contribution is 0.388. The Bertz CT molecular complexity index is 175. The number of rotatable bonds is 7. The minimum absolute atomic E-state index is 0.684. The zero-order chi connectivity index (χ0) is 10.8. The largest absolute Gasteiger partial charge is 0.313 e. The van der Waals surface area contributed by atoms with Crippen molar-refractivity contribution in [2.24, 2.45) is 5.92 Å². The fourth-order valence-electron chi connectivity index (χ4n) is 1.51. The zero-order valence-corrected chi connectivity index (χ0v) is 10.2. The fraction of sp³-hybridized carbons (Fsp3) is 0.846. The summed E-state index contributed by atoms with van der Waals surface area (Å²) in [5, 5.41) is 3.57. The van der Waals surface area contributed by atoms with E-state index in [2.05, 4.69) is 37.9 Å². The van der Waals surface area contributed by atoms with Crippen molar-refractivity contribution < 1.29 is 0 Å². The van der Waals surface area contributed by atoms with Crippen LogP contribution < -0.4 is 5.32 Å². The molecular formula is C13H25N. The zero-order valence-electron chi connectivity index (χ0n) is 10.2. The molecule has 0 aromatic carbocycles. The molecule has 0 heterocycles. The maximum Gasteiger partial charge on any atom is 0.0214 e.